The third kappa shape index (κ3) is 7.88. The van der Waals surface area contributed by atoms with Crippen molar-refractivity contribution < 1.29 is 0 Å². The maximum absolute atomic E-state index is 5.22. The van der Waals surface area contributed by atoms with E-state index in [0.29, 0.717) is 6.67 Å². The van der Waals surface area contributed by atoms with Crippen LogP contribution in [0.3, 0.4) is 0 Å². The van der Waals surface area contributed by atoms with Gasteiger partial charge in [0, 0.05) is 6.67 Å². The molecule has 0 aliphatic rings. The van der Waals surface area contributed by atoms with Crippen molar-refractivity contribution in [2.45, 2.75) is 12.8 Å². The summed E-state index contributed by atoms with van der Waals surface area (Å²) < 4.78 is 0. The number of nitrogens with one attached hydrogen (secondary N) is 2. The van der Waals surface area contributed by atoms with Gasteiger partial charge in [-0.15, -0.1) is 0 Å². The van der Waals surface area contributed by atoms with Crippen LogP contribution in [0.2, 0.25) is 0 Å². The van der Waals surface area contributed by atoms with Gasteiger partial charge in [0.25, 0.3) is 0 Å². The van der Waals surface area contributed by atoms with Crippen LogP contribution in [0, 0.1) is 0 Å². The minimum absolute atomic E-state index is 0.597. The molecule has 0 radical (unpaired) electrons. The molecule has 0 aromatic rings. The van der Waals surface area contributed by atoms with E-state index in [2.05, 4.69) is 10.6 Å². The van der Waals surface area contributed by atoms with Crippen LogP contribution >= 0.6 is 0 Å². The van der Waals surface area contributed by atoms with Crippen LogP contribution < -0.4 is 16.4 Å². The molecule has 0 heterocycles. The van der Waals surface area contributed by atoms with E-state index in [1.54, 1.807) is 0 Å². The zero-order chi connectivity index (χ0) is 6.95. The normalized spacial score (nSPS) is 10.0. The second-order valence-electron chi connectivity index (χ2n) is 2.01. The van der Waals surface area contributed by atoms with Crippen molar-refractivity contribution in [2.24, 2.45) is 5.73 Å². The Hall–Kier alpha value is -0.120. The van der Waals surface area contributed by atoms with Gasteiger partial charge in [0.1, 0.15) is 0 Å². The molecule has 0 aromatic carbocycles. The van der Waals surface area contributed by atoms with E-state index in [1.165, 1.54) is 12.8 Å². The summed E-state index contributed by atoms with van der Waals surface area (Å²) in [5.74, 6) is 0. The molecule has 0 fully saturated rings. The molecule has 0 unspecified atom stereocenters. The number of unbranched alkanes of at least 4 members (excludes halogenated alkanes) is 1. The molecule has 3 heteroatoms. The van der Waals surface area contributed by atoms with Crippen LogP contribution in [0.4, 0.5) is 0 Å². The molecular formula is C6H17N3. The molecule has 56 valence electrons. The predicted molar refractivity (Wildman–Crippen MR) is 40.2 cm³/mol. The van der Waals surface area contributed by atoms with E-state index < -0.39 is 0 Å². The van der Waals surface area contributed by atoms with Crippen molar-refractivity contribution in [2.75, 3.05) is 26.8 Å². The van der Waals surface area contributed by atoms with Crippen molar-refractivity contribution >= 4 is 0 Å². The van der Waals surface area contributed by atoms with Gasteiger partial charge in [-0.2, -0.15) is 0 Å². The summed E-state index contributed by atoms with van der Waals surface area (Å²) in [6, 6.07) is 0. The fourth-order valence-corrected chi connectivity index (χ4v) is 0.654. The fraction of sp³-hybridized carbons (Fsp3) is 1.00. The van der Waals surface area contributed by atoms with E-state index >= 15 is 0 Å². The average Bonchev–Trinajstić information content (AvgIpc) is 1.89. The van der Waals surface area contributed by atoms with E-state index in [4.69, 9.17) is 5.73 Å². The van der Waals surface area contributed by atoms with Crippen molar-refractivity contribution in [3.05, 3.63) is 0 Å². The van der Waals surface area contributed by atoms with Gasteiger partial charge in [0.05, 0.1) is 0 Å². The van der Waals surface area contributed by atoms with Crippen LogP contribution in [0.25, 0.3) is 0 Å². The molecule has 0 bridgehead atoms. The van der Waals surface area contributed by atoms with Crippen molar-refractivity contribution in [1.82, 2.24) is 10.6 Å². The van der Waals surface area contributed by atoms with Gasteiger partial charge >= 0.3 is 0 Å². The third-order valence-electron chi connectivity index (χ3n) is 1.17. The molecule has 0 atom stereocenters. The molecule has 0 aromatic heterocycles. The quantitative estimate of drug-likeness (QED) is 0.336. The van der Waals surface area contributed by atoms with Crippen LogP contribution in [0.5, 0.6) is 0 Å². The lowest BCUT2D eigenvalue weighted by atomic mass is 10.3. The summed E-state index contributed by atoms with van der Waals surface area (Å²) in [4.78, 5) is 0. The van der Waals surface area contributed by atoms with E-state index in [1.807, 2.05) is 7.05 Å². The van der Waals surface area contributed by atoms with Crippen LogP contribution in [-0.2, 0) is 0 Å². The van der Waals surface area contributed by atoms with Crippen molar-refractivity contribution in [3.8, 4) is 0 Å². The topological polar surface area (TPSA) is 50.1 Å². The maximum atomic E-state index is 5.22. The van der Waals surface area contributed by atoms with Crippen LogP contribution in [0.1, 0.15) is 12.8 Å². The first-order valence-electron chi connectivity index (χ1n) is 3.47. The molecule has 9 heavy (non-hydrogen) atoms. The number of hydrogen-bond acceptors (Lipinski definition) is 3. The van der Waals surface area contributed by atoms with E-state index in [9.17, 15) is 0 Å². The zero-order valence-electron chi connectivity index (χ0n) is 6.11. The standard InChI is InChI=1S/C6H17N3/c1-8-4-2-3-5-9-6-7/h8-9H,2-7H2,1H3. The Labute approximate surface area is 57.0 Å². The first kappa shape index (κ1) is 8.88. The Morgan fingerprint density at radius 1 is 1.22 bits per heavy atom. The highest BCUT2D eigenvalue weighted by atomic mass is 14.9. The Kier molecular flexibility index (Phi) is 7.77. The van der Waals surface area contributed by atoms with Gasteiger partial charge in [-0.25, -0.2) is 0 Å². The van der Waals surface area contributed by atoms with Gasteiger partial charge in [-0.1, -0.05) is 0 Å². The number of hydrogen-bond donors (Lipinski definition) is 3. The minimum Gasteiger partial charge on any atom is -0.320 e. The summed E-state index contributed by atoms with van der Waals surface area (Å²) in [6.45, 7) is 2.74. The first-order chi connectivity index (χ1) is 4.41. The highest BCUT2D eigenvalue weighted by Crippen LogP contribution is 1.81. The Balaban J connectivity index is 2.60. The molecular weight excluding hydrogens is 114 g/mol. The Morgan fingerprint density at radius 2 is 1.89 bits per heavy atom. The molecule has 3 nitrogen and oxygen atoms in total. The monoisotopic (exact) mass is 131 g/mol. The third-order valence-corrected chi connectivity index (χ3v) is 1.17. The zero-order valence-corrected chi connectivity index (χ0v) is 6.11. The average molecular weight is 131 g/mol. The smallest absolute Gasteiger partial charge is 0.0428 e. The highest BCUT2D eigenvalue weighted by molar-refractivity contribution is 4.45. The van der Waals surface area contributed by atoms with Crippen LogP contribution in [0.15, 0.2) is 0 Å². The SMILES string of the molecule is CNCCCCNCN. The molecule has 0 rings (SSSR count). The lowest BCUT2D eigenvalue weighted by Crippen LogP contribution is -2.23. The van der Waals surface area contributed by atoms with Crippen LogP contribution in [-0.4, -0.2) is 26.8 Å². The summed E-state index contributed by atoms with van der Waals surface area (Å²) in [7, 11) is 1.97. The maximum Gasteiger partial charge on any atom is 0.0428 e. The fourth-order valence-electron chi connectivity index (χ4n) is 0.654. The van der Waals surface area contributed by atoms with Gasteiger partial charge in [0.2, 0.25) is 0 Å². The summed E-state index contributed by atoms with van der Waals surface area (Å²) in [5.41, 5.74) is 5.22. The summed E-state index contributed by atoms with van der Waals surface area (Å²) >= 11 is 0. The van der Waals surface area contributed by atoms with E-state index in [0.717, 1.165) is 13.1 Å². The molecule has 0 saturated carbocycles. The molecule has 0 aliphatic heterocycles. The van der Waals surface area contributed by atoms with Gasteiger partial charge < -0.3 is 16.4 Å². The number of nitrogens with two attached hydrogens (primary N) is 1. The molecule has 4 N–H and O–H groups in total. The van der Waals surface area contributed by atoms with E-state index in [-0.39, 0.29) is 0 Å². The van der Waals surface area contributed by atoms with Gasteiger partial charge in [0.15, 0.2) is 0 Å². The lowest BCUT2D eigenvalue weighted by molar-refractivity contribution is 0.613. The largest absolute Gasteiger partial charge is 0.320 e. The van der Waals surface area contributed by atoms with Crippen molar-refractivity contribution in [3.63, 3.8) is 0 Å². The Morgan fingerprint density at radius 3 is 2.44 bits per heavy atom. The highest BCUT2D eigenvalue weighted by Gasteiger charge is 1.83. The molecule has 0 amide bonds. The minimum atomic E-state index is 0.597. The lowest BCUT2D eigenvalue weighted by Gasteiger charge is -1.99. The second kappa shape index (κ2) is 7.88. The molecule has 0 saturated heterocycles. The predicted octanol–water partition coefficient (Wildman–Crippen LogP) is -0.508. The molecule has 0 aliphatic carbocycles. The summed E-state index contributed by atoms with van der Waals surface area (Å²) in [6.07, 6.45) is 2.43. The number of rotatable bonds is 6. The molecule has 0 spiro atoms. The van der Waals surface area contributed by atoms with Gasteiger partial charge in [-0.05, 0) is 33.0 Å². The first-order valence-corrected chi connectivity index (χ1v) is 3.47. The summed E-state index contributed by atoms with van der Waals surface area (Å²) in [5, 5.41) is 6.14. The van der Waals surface area contributed by atoms with Crippen molar-refractivity contribution in [1.29, 1.82) is 0 Å². The van der Waals surface area contributed by atoms with Gasteiger partial charge in [-0.3, -0.25) is 0 Å². The second-order valence-corrected chi connectivity index (χ2v) is 2.01. The Bertz CT molecular complexity index is 41.6.